The molecule has 0 saturated carbocycles. The molecule has 0 fully saturated rings. The van der Waals surface area contributed by atoms with Crippen LogP contribution >= 0.6 is 15.9 Å². The Morgan fingerprint density at radius 1 is 1.29 bits per heavy atom. The SMILES string of the molecule is CNCCc1nc(Cc2ccc(Br)cc2)no1. The van der Waals surface area contributed by atoms with Crippen LogP contribution in [-0.2, 0) is 12.8 Å². The molecule has 2 rings (SSSR count). The standard InChI is InChI=1S/C12H14BrN3O/c1-14-7-6-12-15-11(16-17-12)8-9-2-4-10(13)5-3-9/h2-5,14H,6-8H2,1H3. The molecule has 0 atom stereocenters. The molecule has 2 aromatic rings. The number of aromatic nitrogens is 2. The van der Waals surface area contributed by atoms with Gasteiger partial charge in [-0.25, -0.2) is 0 Å². The van der Waals surface area contributed by atoms with E-state index in [2.05, 4.69) is 31.4 Å². The number of halogens is 1. The number of hydrogen-bond acceptors (Lipinski definition) is 4. The predicted molar refractivity (Wildman–Crippen MR) is 68.9 cm³/mol. The third kappa shape index (κ3) is 3.64. The van der Waals surface area contributed by atoms with Crippen molar-refractivity contribution < 1.29 is 4.52 Å². The molecule has 1 aromatic carbocycles. The molecule has 1 N–H and O–H groups in total. The zero-order valence-corrected chi connectivity index (χ0v) is 11.2. The largest absolute Gasteiger partial charge is 0.339 e. The Morgan fingerprint density at radius 2 is 2.06 bits per heavy atom. The first-order valence-corrected chi connectivity index (χ1v) is 6.28. The van der Waals surface area contributed by atoms with Crippen LogP contribution in [-0.4, -0.2) is 23.7 Å². The van der Waals surface area contributed by atoms with Gasteiger partial charge in [0, 0.05) is 23.9 Å². The highest BCUT2D eigenvalue weighted by molar-refractivity contribution is 9.10. The lowest BCUT2D eigenvalue weighted by Gasteiger charge is -1.96. The van der Waals surface area contributed by atoms with Gasteiger partial charge in [-0.15, -0.1) is 0 Å². The Hall–Kier alpha value is -1.20. The van der Waals surface area contributed by atoms with Crippen molar-refractivity contribution in [3.63, 3.8) is 0 Å². The normalized spacial score (nSPS) is 10.7. The summed E-state index contributed by atoms with van der Waals surface area (Å²) in [5.41, 5.74) is 1.18. The number of hydrogen-bond donors (Lipinski definition) is 1. The lowest BCUT2D eigenvalue weighted by Crippen LogP contribution is -2.10. The van der Waals surface area contributed by atoms with E-state index in [1.54, 1.807) is 0 Å². The molecule has 1 heterocycles. The fourth-order valence-corrected chi connectivity index (χ4v) is 1.74. The zero-order chi connectivity index (χ0) is 12.1. The van der Waals surface area contributed by atoms with Gasteiger partial charge in [0.25, 0.3) is 0 Å². The molecule has 1 aromatic heterocycles. The van der Waals surface area contributed by atoms with Crippen molar-refractivity contribution in [1.29, 1.82) is 0 Å². The van der Waals surface area contributed by atoms with E-state index in [1.807, 2.05) is 31.3 Å². The van der Waals surface area contributed by atoms with Crippen LogP contribution in [0.1, 0.15) is 17.3 Å². The first-order chi connectivity index (χ1) is 8.28. The Bertz CT molecular complexity index is 467. The van der Waals surface area contributed by atoms with E-state index >= 15 is 0 Å². The second-order valence-electron chi connectivity index (χ2n) is 3.76. The lowest BCUT2D eigenvalue weighted by molar-refractivity contribution is 0.372. The van der Waals surface area contributed by atoms with Gasteiger partial charge in [0.2, 0.25) is 5.89 Å². The maximum Gasteiger partial charge on any atom is 0.227 e. The van der Waals surface area contributed by atoms with Crippen LogP contribution in [0, 0.1) is 0 Å². The van der Waals surface area contributed by atoms with Gasteiger partial charge < -0.3 is 9.84 Å². The fraction of sp³-hybridized carbons (Fsp3) is 0.333. The van der Waals surface area contributed by atoms with Crippen molar-refractivity contribution >= 4 is 15.9 Å². The van der Waals surface area contributed by atoms with Gasteiger partial charge in [0.05, 0.1) is 0 Å². The third-order valence-electron chi connectivity index (χ3n) is 2.37. The number of likely N-dealkylation sites (N-methyl/N-ethyl adjacent to an activating group) is 1. The lowest BCUT2D eigenvalue weighted by atomic mass is 10.1. The third-order valence-corrected chi connectivity index (χ3v) is 2.90. The molecule has 0 aliphatic rings. The van der Waals surface area contributed by atoms with Crippen molar-refractivity contribution in [2.75, 3.05) is 13.6 Å². The molecule has 90 valence electrons. The van der Waals surface area contributed by atoms with Gasteiger partial charge in [-0.05, 0) is 24.7 Å². The van der Waals surface area contributed by atoms with E-state index in [9.17, 15) is 0 Å². The Balaban J connectivity index is 1.98. The second-order valence-corrected chi connectivity index (χ2v) is 4.68. The molecule has 0 unspecified atom stereocenters. The Labute approximate surface area is 109 Å². The van der Waals surface area contributed by atoms with Crippen LogP contribution in [0.15, 0.2) is 33.3 Å². The number of rotatable bonds is 5. The van der Waals surface area contributed by atoms with Gasteiger partial charge in [0.1, 0.15) is 0 Å². The van der Waals surface area contributed by atoms with E-state index in [0.717, 1.165) is 23.3 Å². The molecule has 17 heavy (non-hydrogen) atoms. The minimum Gasteiger partial charge on any atom is -0.339 e. The maximum absolute atomic E-state index is 5.15. The number of benzene rings is 1. The summed E-state index contributed by atoms with van der Waals surface area (Å²) < 4.78 is 6.23. The van der Waals surface area contributed by atoms with Crippen LogP contribution in [0.25, 0.3) is 0 Å². The quantitative estimate of drug-likeness (QED) is 0.919. The average molecular weight is 296 g/mol. The summed E-state index contributed by atoms with van der Waals surface area (Å²) in [6.45, 7) is 0.847. The monoisotopic (exact) mass is 295 g/mol. The summed E-state index contributed by atoms with van der Waals surface area (Å²) in [4.78, 5) is 4.34. The van der Waals surface area contributed by atoms with Crippen LogP contribution in [0.2, 0.25) is 0 Å². The molecule has 0 amide bonds. The second kappa shape index (κ2) is 5.93. The summed E-state index contributed by atoms with van der Waals surface area (Å²) in [7, 11) is 1.90. The van der Waals surface area contributed by atoms with Crippen LogP contribution in [0.5, 0.6) is 0 Å². The first kappa shape index (κ1) is 12.3. The summed E-state index contributed by atoms with van der Waals surface area (Å²) in [6.07, 6.45) is 1.47. The first-order valence-electron chi connectivity index (χ1n) is 5.48. The van der Waals surface area contributed by atoms with Gasteiger partial charge in [-0.3, -0.25) is 0 Å². The van der Waals surface area contributed by atoms with Crippen molar-refractivity contribution in [3.05, 3.63) is 46.0 Å². The van der Waals surface area contributed by atoms with E-state index in [0.29, 0.717) is 12.3 Å². The summed E-state index contributed by atoms with van der Waals surface area (Å²) in [6, 6.07) is 8.12. The zero-order valence-electron chi connectivity index (χ0n) is 9.61. The summed E-state index contributed by atoms with van der Waals surface area (Å²) in [5, 5.41) is 7.01. The molecule has 0 radical (unpaired) electrons. The fourth-order valence-electron chi connectivity index (χ4n) is 1.48. The molecule has 4 nitrogen and oxygen atoms in total. The number of nitrogens with one attached hydrogen (secondary N) is 1. The van der Waals surface area contributed by atoms with Gasteiger partial charge >= 0.3 is 0 Å². The van der Waals surface area contributed by atoms with E-state index < -0.39 is 0 Å². The molecule has 5 heteroatoms. The highest BCUT2D eigenvalue weighted by atomic mass is 79.9. The molecular formula is C12H14BrN3O. The smallest absolute Gasteiger partial charge is 0.227 e. The topological polar surface area (TPSA) is 51.0 Å². The molecule has 0 bridgehead atoms. The van der Waals surface area contributed by atoms with Crippen LogP contribution < -0.4 is 5.32 Å². The molecule has 0 saturated heterocycles. The summed E-state index contributed by atoms with van der Waals surface area (Å²) >= 11 is 3.41. The molecule has 0 aliphatic carbocycles. The van der Waals surface area contributed by atoms with E-state index in [-0.39, 0.29) is 0 Å². The average Bonchev–Trinajstić information content (AvgIpc) is 2.77. The highest BCUT2D eigenvalue weighted by Crippen LogP contribution is 2.13. The molecule has 0 spiro atoms. The van der Waals surface area contributed by atoms with E-state index in [1.165, 1.54) is 5.56 Å². The van der Waals surface area contributed by atoms with Crippen LogP contribution in [0.3, 0.4) is 0 Å². The maximum atomic E-state index is 5.15. The van der Waals surface area contributed by atoms with Crippen molar-refractivity contribution in [1.82, 2.24) is 15.5 Å². The van der Waals surface area contributed by atoms with Crippen molar-refractivity contribution in [2.24, 2.45) is 0 Å². The molecular weight excluding hydrogens is 282 g/mol. The van der Waals surface area contributed by atoms with Crippen molar-refractivity contribution in [3.8, 4) is 0 Å². The minimum atomic E-state index is 0.687. The Morgan fingerprint density at radius 3 is 2.76 bits per heavy atom. The van der Waals surface area contributed by atoms with Crippen LogP contribution in [0.4, 0.5) is 0 Å². The summed E-state index contributed by atoms with van der Waals surface area (Å²) in [5.74, 6) is 1.42. The predicted octanol–water partition coefficient (Wildman–Crippen LogP) is 2.18. The van der Waals surface area contributed by atoms with E-state index in [4.69, 9.17) is 4.52 Å². The highest BCUT2D eigenvalue weighted by Gasteiger charge is 2.06. The number of nitrogens with zero attached hydrogens (tertiary/aromatic N) is 2. The van der Waals surface area contributed by atoms with Crippen molar-refractivity contribution in [2.45, 2.75) is 12.8 Å². The minimum absolute atomic E-state index is 0.687. The van der Waals surface area contributed by atoms with Gasteiger partial charge in [0.15, 0.2) is 5.82 Å². The molecule has 0 aliphatic heterocycles. The van der Waals surface area contributed by atoms with Gasteiger partial charge in [-0.2, -0.15) is 4.98 Å². The van der Waals surface area contributed by atoms with Gasteiger partial charge in [-0.1, -0.05) is 33.2 Å². The Kier molecular flexibility index (Phi) is 4.28.